The number of nitrogens with one attached hydrogen (secondary N) is 1. The highest BCUT2D eigenvalue weighted by molar-refractivity contribution is 7.71. The molecule has 0 atom stereocenters. The fourth-order valence-corrected chi connectivity index (χ4v) is 3.91. The highest BCUT2D eigenvalue weighted by Gasteiger charge is 2.18. The number of hydrogen-bond donors (Lipinski definition) is 1. The monoisotopic (exact) mass is 376 g/mol. The van der Waals surface area contributed by atoms with Crippen LogP contribution in [0.25, 0.3) is 10.9 Å². The molecule has 2 aliphatic rings. The number of likely N-dealkylation sites (N-methyl/N-ethyl adjacent to an activating group) is 1. The molecular formula is C18H24N4O3S. The van der Waals surface area contributed by atoms with Crippen LogP contribution in [0.2, 0.25) is 0 Å². The maximum atomic E-state index is 12.9. The van der Waals surface area contributed by atoms with Crippen molar-refractivity contribution in [3.8, 4) is 11.5 Å². The number of piperazine rings is 1. The lowest BCUT2D eigenvalue weighted by Gasteiger charge is -2.34. The molecule has 1 fully saturated rings. The SMILES string of the molecule is CCN1CCN(CCCn2c(=S)[nH]c3cc4c(cc3c2=O)OCO4)CC1. The minimum atomic E-state index is -0.0714. The Kier molecular flexibility index (Phi) is 4.97. The number of nitrogens with zero attached hydrogens (tertiary/aromatic N) is 3. The molecule has 0 saturated carbocycles. The highest BCUT2D eigenvalue weighted by Crippen LogP contribution is 2.34. The second kappa shape index (κ2) is 7.38. The quantitative estimate of drug-likeness (QED) is 0.803. The van der Waals surface area contributed by atoms with Gasteiger partial charge in [-0.1, -0.05) is 6.92 Å². The minimum Gasteiger partial charge on any atom is -0.454 e. The van der Waals surface area contributed by atoms with Gasteiger partial charge in [-0.15, -0.1) is 0 Å². The lowest BCUT2D eigenvalue weighted by molar-refractivity contribution is 0.135. The number of benzene rings is 1. The molecule has 0 aliphatic carbocycles. The fourth-order valence-electron chi connectivity index (χ4n) is 3.63. The molecule has 0 unspecified atom stereocenters. The van der Waals surface area contributed by atoms with E-state index in [4.69, 9.17) is 21.7 Å². The largest absolute Gasteiger partial charge is 0.454 e. The Morgan fingerprint density at radius 3 is 2.50 bits per heavy atom. The smallest absolute Gasteiger partial charge is 0.262 e. The summed E-state index contributed by atoms with van der Waals surface area (Å²) in [6.45, 7) is 9.55. The third-order valence-corrected chi connectivity index (χ3v) is 5.57. The summed E-state index contributed by atoms with van der Waals surface area (Å²) in [5, 5.41) is 0.583. The number of aromatic amines is 1. The van der Waals surface area contributed by atoms with Crippen molar-refractivity contribution in [2.75, 3.05) is 46.1 Å². The van der Waals surface area contributed by atoms with Crippen LogP contribution >= 0.6 is 12.2 Å². The molecule has 3 heterocycles. The first-order valence-corrected chi connectivity index (χ1v) is 9.57. The Balaban J connectivity index is 1.47. The molecule has 1 N–H and O–H groups in total. The van der Waals surface area contributed by atoms with E-state index in [0.29, 0.717) is 33.7 Å². The molecule has 0 spiro atoms. The normalized spacial score (nSPS) is 17.9. The summed E-state index contributed by atoms with van der Waals surface area (Å²) in [5.41, 5.74) is 0.619. The molecule has 7 nitrogen and oxygen atoms in total. The predicted octanol–water partition coefficient (Wildman–Crippen LogP) is 1.82. The van der Waals surface area contributed by atoms with Gasteiger partial charge >= 0.3 is 0 Å². The number of fused-ring (bicyclic) bond motifs is 2. The second-order valence-corrected chi connectivity index (χ2v) is 7.15. The van der Waals surface area contributed by atoms with Crippen molar-refractivity contribution in [1.82, 2.24) is 19.4 Å². The summed E-state index contributed by atoms with van der Waals surface area (Å²) < 4.78 is 12.9. The van der Waals surface area contributed by atoms with Gasteiger partial charge in [0.25, 0.3) is 5.56 Å². The van der Waals surface area contributed by atoms with Gasteiger partial charge in [-0.05, 0) is 37.8 Å². The van der Waals surface area contributed by atoms with Crippen LogP contribution in [0.15, 0.2) is 16.9 Å². The van der Waals surface area contributed by atoms with Gasteiger partial charge in [-0.3, -0.25) is 9.36 Å². The van der Waals surface area contributed by atoms with E-state index in [1.54, 1.807) is 16.7 Å². The lowest BCUT2D eigenvalue weighted by Crippen LogP contribution is -2.46. The van der Waals surface area contributed by atoms with E-state index in [1.165, 1.54) is 0 Å². The van der Waals surface area contributed by atoms with Crippen LogP contribution in [-0.2, 0) is 6.54 Å². The molecule has 2 aliphatic heterocycles. The molecule has 0 radical (unpaired) electrons. The maximum Gasteiger partial charge on any atom is 0.262 e. The summed E-state index contributed by atoms with van der Waals surface area (Å²) in [6, 6.07) is 3.53. The molecule has 1 saturated heterocycles. The van der Waals surface area contributed by atoms with Crippen molar-refractivity contribution in [3.63, 3.8) is 0 Å². The van der Waals surface area contributed by atoms with Gasteiger partial charge in [0.1, 0.15) is 0 Å². The number of aromatic nitrogens is 2. The fraction of sp³-hybridized carbons (Fsp3) is 0.556. The van der Waals surface area contributed by atoms with E-state index in [0.717, 1.165) is 45.7 Å². The van der Waals surface area contributed by atoms with Crippen molar-refractivity contribution in [3.05, 3.63) is 27.3 Å². The van der Waals surface area contributed by atoms with Crippen LogP contribution in [0, 0.1) is 4.77 Å². The molecule has 1 aromatic carbocycles. The maximum absolute atomic E-state index is 12.9. The van der Waals surface area contributed by atoms with E-state index >= 15 is 0 Å². The summed E-state index contributed by atoms with van der Waals surface area (Å²) in [4.78, 5) is 20.9. The molecular weight excluding hydrogens is 352 g/mol. The van der Waals surface area contributed by atoms with E-state index in [1.807, 2.05) is 0 Å². The van der Waals surface area contributed by atoms with Crippen LogP contribution in [0.3, 0.4) is 0 Å². The average Bonchev–Trinajstić information content (AvgIpc) is 3.11. The van der Waals surface area contributed by atoms with Gasteiger partial charge in [-0.25, -0.2) is 0 Å². The molecule has 8 heteroatoms. The Hall–Kier alpha value is -1.90. The first-order valence-electron chi connectivity index (χ1n) is 9.17. The molecule has 0 bridgehead atoms. The van der Waals surface area contributed by atoms with Crippen LogP contribution in [0.4, 0.5) is 0 Å². The third-order valence-electron chi connectivity index (χ3n) is 5.24. The minimum absolute atomic E-state index is 0.0714. The van der Waals surface area contributed by atoms with Crippen molar-refractivity contribution in [2.45, 2.75) is 19.9 Å². The highest BCUT2D eigenvalue weighted by atomic mass is 32.1. The molecule has 140 valence electrons. The third kappa shape index (κ3) is 3.36. The molecule has 0 amide bonds. The van der Waals surface area contributed by atoms with E-state index in [2.05, 4.69) is 21.7 Å². The standard InChI is InChI=1S/C18H24N4O3S/c1-2-20-6-8-21(9-7-20)4-3-5-22-17(23)13-10-15-16(25-12-24-15)11-14(13)19-18(22)26/h10-11H,2-9,12H2,1H3,(H,19,26). The molecule has 26 heavy (non-hydrogen) atoms. The lowest BCUT2D eigenvalue weighted by atomic mass is 10.2. The summed E-state index contributed by atoms with van der Waals surface area (Å²) in [5.74, 6) is 1.26. The Labute approximate surface area is 157 Å². The zero-order valence-corrected chi connectivity index (χ0v) is 15.8. The van der Waals surface area contributed by atoms with Gasteiger partial charge in [0.05, 0.1) is 10.9 Å². The van der Waals surface area contributed by atoms with Crippen molar-refractivity contribution in [2.24, 2.45) is 0 Å². The zero-order chi connectivity index (χ0) is 18.1. The topological polar surface area (TPSA) is 62.7 Å². The number of hydrogen-bond acceptors (Lipinski definition) is 6. The summed E-state index contributed by atoms with van der Waals surface area (Å²) in [6.07, 6.45) is 0.902. The first-order chi connectivity index (χ1) is 12.7. The van der Waals surface area contributed by atoms with Crippen molar-refractivity contribution < 1.29 is 9.47 Å². The van der Waals surface area contributed by atoms with Gasteiger partial charge in [-0.2, -0.15) is 0 Å². The van der Waals surface area contributed by atoms with Crippen LogP contribution in [0.1, 0.15) is 13.3 Å². The first kappa shape index (κ1) is 17.5. The Bertz CT molecular complexity index is 915. The van der Waals surface area contributed by atoms with Crippen LogP contribution in [-0.4, -0.2) is 65.4 Å². The van der Waals surface area contributed by atoms with Gasteiger partial charge < -0.3 is 24.3 Å². The summed E-state index contributed by atoms with van der Waals surface area (Å²) >= 11 is 5.41. The summed E-state index contributed by atoms with van der Waals surface area (Å²) in [7, 11) is 0. The number of ether oxygens (including phenoxy) is 2. The zero-order valence-electron chi connectivity index (χ0n) is 15.0. The molecule has 4 rings (SSSR count). The predicted molar refractivity (Wildman–Crippen MR) is 103 cm³/mol. The van der Waals surface area contributed by atoms with Crippen molar-refractivity contribution in [1.29, 1.82) is 0 Å². The van der Waals surface area contributed by atoms with Gasteiger partial charge in [0.2, 0.25) is 6.79 Å². The van der Waals surface area contributed by atoms with Gasteiger partial charge in [0, 0.05) is 38.8 Å². The van der Waals surface area contributed by atoms with Gasteiger partial charge in [0.15, 0.2) is 16.3 Å². The van der Waals surface area contributed by atoms with Crippen LogP contribution < -0.4 is 15.0 Å². The Morgan fingerprint density at radius 2 is 1.77 bits per heavy atom. The van der Waals surface area contributed by atoms with E-state index in [-0.39, 0.29) is 12.4 Å². The number of rotatable bonds is 5. The van der Waals surface area contributed by atoms with Crippen LogP contribution in [0.5, 0.6) is 11.5 Å². The number of H-pyrrole nitrogens is 1. The Morgan fingerprint density at radius 1 is 1.08 bits per heavy atom. The van der Waals surface area contributed by atoms with Crippen molar-refractivity contribution >= 4 is 23.1 Å². The molecule has 1 aromatic heterocycles. The average molecular weight is 376 g/mol. The second-order valence-electron chi connectivity index (χ2n) is 6.77. The van der Waals surface area contributed by atoms with E-state index < -0.39 is 0 Å². The molecule has 2 aromatic rings. The van der Waals surface area contributed by atoms with E-state index in [9.17, 15) is 4.79 Å².